The molecule has 0 aliphatic heterocycles. The van der Waals surface area contributed by atoms with Gasteiger partial charge >= 0.3 is 0 Å². The van der Waals surface area contributed by atoms with E-state index >= 15 is 0 Å². The molecule has 0 saturated heterocycles. The highest BCUT2D eigenvalue weighted by Crippen LogP contribution is 2.29. The lowest BCUT2D eigenvalue weighted by Gasteiger charge is -2.11. The van der Waals surface area contributed by atoms with E-state index in [9.17, 15) is 8.42 Å². The first-order valence-corrected chi connectivity index (χ1v) is 8.19. The van der Waals surface area contributed by atoms with Crippen LogP contribution in [0.4, 0.5) is 0 Å². The van der Waals surface area contributed by atoms with E-state index in [0.717, 1.165) is 0 Å². The highest BCUT2D eigenvalue weighted by Gasteiger charge is 2.21. The normalized spacial score (nSPS) is 11.2. The van der Waals surface area contributed by atoms with Crippen LogP contribution >= 0.6 is 11.6 Å². The average molecular weight is 327 g/mol. The molecule has 0 bridgehead atoms. The minimum Gasteiger partial charge on any atom is -0.497 e. The second-order valence-corrected chi connectivity index (χ2v) is 6.73. The quantitative estimate of drug-likeness (QED) is 0.845. The van der Waals surface area contributed by atoms with E-state index in [0.29, 0.717) is 22.1 Å². The fourth-order valence-corrected chi connectivity index (χ4v) is 3.81. The summed E-state index contributed by atoms with van der Waals surface area (Å²) in [5.74, 6) is 0.705. The number of rotatable bonds is 5. The van der Waals surface area contributed by atoms with Crippen molar-refractivity contribution in [2.75, 3.05) is 14.2 Å². The van der Waals surface area contributed by atoms with Crippen molar-refractivity contribution in [2.24, 2.45) is 0 Å². The van der Waals surface area contributed by atoms with E-state index in [2.05, 4.69) is 0 Å². The molecular formula is C15H15ClO4S. The van der Waals surface area contributed by atoms with Crippen molar-refractivity contribution in [3.05, 3.63) is 53.1 Å². The van der Waals surface area contributed by atoms with Crippen LogP contribution in [-0.4, -0.2) is 22.6 Å². The van der Waals surface area contributed by atoms with Crippen LogP contribution in [-0.2, 0) is 15.6 Å². The van der Waals surface area contributed by atoms with E-state index in [1.807, 2.05) is 0 Å². The molecule has 2 rings (SSSR count). The molecule has 0 saturated carbocycles. The van der Waals surface area contributed by atoms with E-state index < -0.39 is 9.84 Å². The summed E-state index contributed by atoms with van der Waals surface area (Å²) in [5, 5.41) is 0.354. The molecule has 0 atom stereocenters. The number of para-hydroxylation sites is 1. The third kappa shape index (κ3) is 3.49. The van der Waals surface area contributed by atoms with Gasteiger partial charge in [-0.2, -0.15) is 0 Å². The third-order valence-corrected chi connectivity index (χ3v) is 5.06. The Balaban J connectivity index is 2.38. The van der Waals surface area contributed by atoms with Crippen LogP contribution < -0.4 is 9.47 Å². The van der Waals surface area contributed by atoms with Crippen molar-refractivity contribution in [1.29, 1.82) is 0 Å². The van der Waals surface area contributed by atoms with Crippen molar-refractivity contribution < 1.29 is 17.9 Å². The van der Waals surface area contributed by atoms with Crippen molar-refractivity contribution in [1.82, 2.24) is 0 Å². The summed E-state index contributed by atoms with van der Waals surface area (Å²) in [6.07, 6.45) is 0. The molecule has 6 heteroatoms. The molecule has 0 aliphatic rings. The third-order valence-electron chi connectivity index (χ3n) is 3.01. The first kappa shape index (κ1) is 15.7. The summed E-state index contributed by atoms with van der Waals surface area (Å²) in [6.45, 7) is 0. The number of benzene rings is 2. The van der Waals surface area contributed by atoms with Gasteiger partial charge in [-0.1, -0.05) is 29.8 Å². The van der Waals surface area contributed by atoms with E-state index in [4.69, 9.17) is 21.1 Å². The maximum atomic E-state index is 12.5. The lowest BCUT2D eigenvalue weighted by molar-refractivity contribution is 0.402. The van der Waals surface area contributed by atoms with Crippen LogP contribution in [0.5, 0.6) is 11.5 Å². The van der Waals surface area contributed by atoms with Gasteiger partial charge in [-0.3, -0.25) is 0 Å². The molecule has 0 aliphatic carbocycles. The summed E-state index contributed by atoms with van der Waals surface area (Å²) < 4.78 is 35.2. The minimum atomic E-state index is -3.55. The van der Waals surface area contributed by atoms with Crippen LogP contribution in [0.3, 0.4) is 0 Å². The van der Waals surface area contributed by atoms with E-state index in [1.54, 1.807) is 36.4 Å². The zero-order valence-electron chi connectivity index (χ0n) is 11.7. The molecule has 0 N–H and O–H groups in total. The van der Waals surface area contributed by atoms with Crippen LogP contribution in [0.2, 0.25) is 5.02 Å². The Bertz CT molecular complexity index is 741. The Morgan fingerprint density at radius 3 is 2.38 bits per heavy atom. The Hall–Kier alpha value is -1.72. The summed E-state index contributed by atoms with van der Waals surface area (Å²) in [7, 11) is -0.585. The van der Waals surface area contributed by atoms with Gasteiger partial charge in [0, 0.05) is 5.02 Å². The zero-order chi connectivity index (χ0) is 15.5. The smallest absolute Gasteiger partial charge is 0.186 e. The summed E-state index contributed by atoms with van der Waals surface area (Å²) in [4.78, 5) is 0.152. The molecule has 4 nitrogen and oxygen atoms in total. The lowest BCUT2D eigenvalue weighted by Crippen LogP contribution is -2.07. The molecule has 21 heavy (non-hydrogen) atoms. The monoisotopic (exact) mass is 326 g/mol. The van der Waals surface area contributed by atoms with Gasteiger partial charge in [0.1, 0.15) is 16.4 Å². The van der Waals surface area contributed by atoms with E-state index in [-0.39, 0.29) is 10.6 Å². The maximum absolute atomic E-state index is 12.5. The number of sulfone groups is 1. The molecule has 0 radical (unpaired) electrons. The first-order chi connectivity index (χ1) is 9.97. The number of hydrogen-bond acceptors (Lipinski definition) is 4. The van der Waals surface area contributed by atoms with Crippen LogP contribution in [0.25, 0.3) is 0 Å². The predicted octanol–water partition coefficient (Wildman–Crippen LogP) is 3.33. The highest BCUT2D eigenvalue weighted by atomic mass is 35.5. The minimum absolute atomic E-state index is 0.152. The van der Waals surface area contributed by atoms with Crippen molar-refractivity contribution >= 4 is 21.4 Å². The van der Waals surface area contributed by atoms with Gasteiger partial charge < -0.3 is 9.47 Å². The van der Waals surface area contributed by atoms with Crippen LogP contribution in [0.1, 0.15) is 5.56 Å². The van der Waals surface area contributed by atoms with Gasteiger partial charge in [0.2, 0.25) is 0 Å². The number of ether oxygens (including phenoxy) is 2. The van der Waals surface area contributed by atoms with Crippen molar-refractivity contribution in [2.45, 2.75) is 10.6 Å². The standard InChI is InChI=1S/C15H15ClO4S/c1-19-12-8-7-11(13(16)9-12)10-21(17,18)15-6-4-3-5-14(15)20-2/h3-9H,10H2,1-2H3. The molecule has 2 aromatic carbocycles. The molecule has 0 spiro atoms. The van der Waals surface area contributed by atoms with Gasteiger partial charge in [-0.15, -0.1) is 0 Å². The van der Waals surface area contributed by atoms with Gasteiger partial charge in [0.25, 0.3) is 0 Å². The lowest BCUT2D eigenvalue weighted by atomic mass is 10.2. The number of hydrogen-bond donors (Lipinski definition) is 0. The van der Waals surface area contributed by atoms with Crippen molar-refractivity contribution in [3.63, 3.8) is 0 Å². The first-order valence-electron chi connectivity index (χ1n) is 6.16. The SMILES string of the molecule is COc1ccc(CS(=O)(=O)c2ccccc2OC)c(Cl)c1. The zero-order valence-corrected chi connectivity index (χ0v) is 13.2. The highest BCUT2D eigenvalue weighted by molar-refractivity contribution is 7.90. The summed E-state index contributed by atoms with van der Waals surface area (Å²) >= 11 is 6.10. The molecular weight excluding hydrogens is 312 g/mol. The molecule has 0 aromatic heterocycles. The fourth-order valence-electron chi connectivity index (χ4n) is 1.93. The van der Waals surface area contributed by atoms with Gasteiger partial charge in [-0.25, -0.2) is 8.42 Å². The summed E-state index contributed by atoms with van der Waals surface area (Å²) in [5.41, 5.74) is 0.517. The van der Waals surface area contributed by atoms with E-state index in [1.165, 1.54) is 20.3 Å². The molecule has 112 valence electrons. The second-order valence-electron chi connectivity index (χ2n) is 4.37. The van der Waals surface area contributed by atoms with Gasteiger partial charge in [0.05, 0.1) is 20.0 Å². The topological polar surface area (TPSA) is 52.6 Å². The molecule has 2 aromatic rings. The largest absolute Gasteiger partial charge is 0.497 e. The Kier molecular flexibility index (Phi) is 4.75. The molecule has 0 heterocycles. The Morgan fingerprint density at radius 1 is 1.05 bits per heavy atom. The number of methoxy groups -OCH3 is 2. The second kappa shape index (κ2) is 6.37. The maximum Gasteiger partial charge on any atom is 0.186 e. The van der Waals surface area contributed by atoms with Gasteiger partial charge in [0.15, 0.2) is 9.84 Å². The molecule has 0 fully saturated rings. The molecule has 0 unspecified atom stereocenters. The Morgan fingerprint density at radius 2 is 1.76 bits per heavy atom. The number of halogens is 1. The van der Waals surface area contributed by atoms with Crippen molar-refractivity contribution in [3.8, 4) is 11.5 Å². The summed E-state index contributed by atoms with van der Waals surface area (Å²) in [6, 6.07) is 11.4. The average Bonchev–Trinajstić information content (AvgIpc) is 2.49. The van der Waals surface area contributed by atoms with Crippen LogP contribution in [0.15, 0.2) is 47.4 Å². The van der Waals surface area contributed by atoms with Crippen LogP contribution in [0, 0.1) is 0 Å². The molecule has 0 amide bonds. The van der Waals surface area contributed by atoms with Gasteiger partial charge in [-0.05, 0) is 29.8 Å². The predicted molar refractivity (Wildman–Crippen MR) is 81.9 cm³/mol. The Labute approximate surface area is 129 Å². The fraction of sp³-hybridized carbons (Fsp3) is 0.200.